The summed E-state index contributed by atoms with van der Waals surface area (Å²) in [6.07, 6.45) is 2.93. The maximum atomic E-state index is 11.4. The Labute approximate surface area is 107 Å². The lowest BCUT2D eigenvalue weighted by molar-refractivity contribution is -0.137. The van der Waals surface area contributed by atoms with E-state index >= 15 is 0 Å². The van der Waals surface area contributed by atoms with Crippen molar-refractivity contribution in [2.45, 2.75) is 0 Å². The third-order valence-corrected chi connectivity index (χ3v) is 2.26. The van der Waals surface area contributed by atoms with Gasteiger partial charge in [-0.05, 0) is 31.8 Å². The monoisotopic (exact) mass is 244 g/mol. The van der Waals surface area contributed by atoms with E-state index in [1.807, 2.05) is 25.1 Å². The van der Waals surface area contributed by atoms with E-state index in [2.05, 4.69) is 6.07 Å². The molecule has 0 radical (unpaired) electrons. The van der Waals surface area contributed by atoms with Crippen molar-refractivity contribution < 1.29 is 9.53 Å². The van der Waals surface area contributed by atoms with Gasteiger partial charge in [0, 0.05) is 12.6 Å². The second-order valence-corrected chi connectivity index (χ2v) is 4.00. The fourth-order valence-corrected chi connectivity index (χ4v) is 1.28. The van der Waals surface area contributed by atoms with Crippen molar-refractivity contribution in [3.63, 3.8) is 0 Å². The predicted octanol–water partition coefficient (Wildman–Crippen LogP) is 1.68. The lowest BCUT2D eigenvalue weighted by atomic mass is 10.1. The van der Waals surface area contributed by atoms with Crippen molar-refractivity contribution in [2.75, 3.05) is 27.2 Å². The van der Waals surface area contributed by atoms with Crippen LogP contribution in [-0.2, 0) is 9.53 Å². The number of hydrogen-bond acceptors (Lipinski definition) is 4. The standard InChI is InChI=1S/C14H16N2O2/c1-16(2)9-10-18-14(17)8-7-12-5-3-4-6-13(12)11-15/h3-8H,9-10H2,1-2H3/b8-7+. The molecule has 4 nitrogen and oxygen atoms in total. The largest absolute Gasteiger partial charge is 0.461 e. The van der Waals surface area contributed by atoms with E-state index in [0.29, 0.717) is 24.3 Å². The molecule has 1 aromatic rings. The molecule has 94 valence electrons. The van der Waals surface area contributed by atoms with Crippen molar-refractivity contribution in [3.05, 3.63) is 41.5 Å². The molecule has 0 heterocycles. The minimum Gasteiger partial charge on any atom is -0.461 e. The summed E-state index contributed by atoms with van der Waals surface area (Å²) in [5.41, 5.74) is 1.25. The van der Waals surface area contributed by atoms with Crippen LogP contribution in [0.1, 0.15) is 11.1 Å². The third-order valence-electron chi connectivity index (χ3n) is 2.26. The van der Waals surface area contributed by atoms with Crippen molar-refractivity contribution in [1.29, 1.82) is 5.26 Å². The minimum atomic E-state index is -0.399. The van der Waals surface area contributed by atoms with E-state index < -0.39 is 5.97 Å². The molecule has 0 fully saturated rings. The van der Waals surface area contributed by atoms with Gasteiger partial charge in [0.2, 0.25) is 0 Å². The summed E-state index contributed by atoms with van der Waals surface area (Å²) < 4.78 is 5.00. The molecule has 0 atom stereocenters. The number of hydrogen-bond donors (Lipinski definition) is 0. The highest BCUT2D eigenvalue weighted by Gasteiger charge is 2.00. The molecular formula is C14H16N2O2. The average Bonchev–Trinajstić information content (AvgIpc) is 2.36. The molecule has 1 rings (SSSR count). The van der Waals surface area contributed by atoms with Crippen molar-refractivity contribution >= 4 is 12.0 Å². The fraction of sp³-hybridized carbons (Fsp3) is 0.286. The number of likely N-dealkylation sites (N-methyl/N-ethyl adjacent to an activating group) is 1. The molecule has 0 unspecified atom stereocenters. The van der Waals surface area contributed by atoms with Gasteiger partial charge in [-0.1, -0.05) is 18.2 Å². The van der Waals surface area contributed by atoms with Crippen LogP contribution in [-0.4, -0.2) is 38.1 Å². The molecule has 0 N–H and O–H groups in total. The zero-order valence-corrected chi connectivity index (χ0v) is 10.6. The van der Waals surface area contributed by atoms with Crippen LogP contribution >= 0.6 is 0 Å². The molecule has 4 heteroatoms. The van der Waals surface area contributed by atoms with E-state index in [1.165, 1.54) is 6.08 Å². The van der Waals surface area contributed by atoms with E-state index in [0.717, 1.165) is 0 Å². The van der Waals surface area contributed by atoms with Gasteiger partial charge in [-0.25, -0.2) is 4.79 Å². The highest BCUT2D eigenvalue weighted by molar-refractivity contribution is 5.87. The van der Waals surface area contributed by atoms with Crippen LogP contribution in [0, 0.1) is 11.3 Å². The average molecular weight is 244 g/mol. The van der Waals surface area contributed by atoms with Gasteiger partial charge in [-0.3, -0.25) is 0 Å². The first kappa shape index (κ1) is 13.9. The Balaban J connectivity index is 2.53. The topological polar surface area (TPSA) is 53.3 Å². The summed E-state index contributed by atoms with van der Waals surface area (Å²) in [6.45, 7) is 1.05. The van der Waals surface area contributed by atoms with E-state index in [1.54, 1.807) is 24.3 Å². The summed E-state index contributed by atoms with van der Waals surface area (Å²) in [6, 6.07) is 9.15. The first-order valence-electron chi connectivity index (χ1n) is 5.62. The first-order chi connectivity index (χ1) is 8.63. The molecule has 0 saturated heterocycles. The Morgan fingerprint density at radius 3 is 2.83 bits per heavy atom. The molecule has 0 bridgehead atoms. The molecule has 18 heavy (non-hydrogen) atoms. The highest BCUT2D eigenvalue weighted by atomic mass is 16.5. The van der Waals surface area contributed by atoms with Gasteiger partial charge in [0.1, 0.15) is 6.61 Å². The first-order valence-corrected chi connectivity index (χ1v) is 5.62. The van der Waals surface area contributed by atoms with Crippen LogP contribution < -0.4 is 0 Å². The zero-order chi connectivity index (χ0) is 13.4. The van der Waals surface area contributed by atoms with Crippen LogP contribution in [0.15, 0.2) is 30.3 Å². The summed E-state index contributed by atoms with van der Waals surface area (Å²) in [5, 5.41) is 8.88. The van der Waals surface area contributed by atoms with Gasteiger partial charge >= 0.3 is 5.97 Å². The molecule has 0 aliphatic carbocycles. The Hall–Kier alpha value is -2.12. The maximum absolute atomic E-state index is 11.4. The Bertz CT molecular complexity index is 473. The van der Waals surface area contributed by atoms with Gasteiger partial charge in [0.15, 0.2) is 0 Å². The highest BCUT2D eigenvalue weighted by Crippen LogP contribution is 2.09. The van der Waals surface area contributed by atoms with Gasteiger partial charge in [0.05, 0.1) is 11.6 Å². The SMILES string of the molecule is CN(C)CCOC(=O)/C=C/c1ccccc1C#N. The molecule has 0 aliphatic heterocycles. The van der Waals surface area contributed by atoms with Crippen LogP contribution in [0.3, 0.4) is 0 Å². The number of carbonyl (C=O) groups excluding carboxylic acids is 1. The predicted molar refractivity (Wildman–Crippen MR) is 69.7 cm³/mol. The Morgan fingerprint density at radius 2 is 2.17 bits per heavy atom. The number of benzene rings is 1. The normalized spacial score (nSPS) is 10.6. The lowest BCUT2D eigenvalue weighted by Crippen LogP contribution is -2.19. The molecule has 0 aromatic heterocycles. The summed E-state index contributed by atoms with van der Waals surface area (Å²) >= 11 is 0. The van der Waals surface area contributed by atoms with E-state index in [9.17, 15) is 4.79 Å². The molecule has 0 amide bonds. The second-order valence-electron chi connectivity index (χ2n) is 4.00. The number of nitriles is 1. The van der Waals surface area contributed by atoms with Crippen molar-refractivity contribution in [3.8, 4) is 6.07 Å². The van der Waals surface area contributed by atoms with E-state index in [-0.39, 0.29) is 0 Å². The Morgan fingerprint density at radius 1 is 1.44 bits per heavy atom. The molecule has 0 spiro atoms. The van der Waals surface area contributed by atoms with Gasteiger partial charge in [-0.2, -0.15) is 5.26 Å². The van der Waals surface area contributed by atoms with E-state index in [4.69, 9.17) is 10.00 Å². The maximum Gasteiger partial charge on any atom is 0.330 e. The summed E-state index contributed by atoms with van der Waals surface area (Å²) in [5.74, 6) is -0.399. The van der Waals surface area contributed by atoms with Crippen molar-refractivity contribution in [1.82, 2.24) is 4.90 Å². The van der Waals surface area contributed by atoms with Crippen molar-refractivity contribution in [2.24, 2.45) is 0 Å². The molecule has 0 saturated carbocycles. The number of rotatable bonds is 5. The fourth-order valence-electron chi connectivity index (χ4n) is 1.28. The molecule has 1 aromatic carbocycles. The third kappa shape index (κ3) is 4.81. The minimum absolute atomic E-state index is 0.357. The van der Waals surface area contributed by atoms with Crippen LogP contribution in [0.2, 0.25) is 0 Å². The van der Waals surface area contributed by atoms with Gasteiger partial charge in [-0.15, -0.1) is 0 Å². The number of ether oxygens (including phenoxy) is 1. The summed E-state index contributed by atoms with van der Waals surface area (Å²) in [4.78, 5) is 13.3. The number of esters is 1. The lowest BCUT2D eigenvalue weighted by Gasteiger charge is -2.08. The molecule has 0 aliphatic rings. The number of carbonyl (C=O) groups is 1. The van der Waals surface area contributed by atoms with Gasteiger partial charge < -0.3 is 9.64 Å². The number of nitrogens with zero attached hydrogens (tertiary/aromatic N) is 2. The van der Waals surface area contributed by atoms with Crippen LogP contribution in [0.5, 0.6) is 0 Å². The van der Waals surface area contributed by atoms with Crippen LogP contribution in [0.25, 0.3) is 6.08 Å². The summed E-state index contributed by atoms with van der Waals surface area (Å²) in [7, 11) is 3.82. The second kappa shape index (κ2) is 7.25. The zero-order valence-electron chi connectivity index (χ0n) is 10.6. The Kier molecular flexibility index (Phi) is 5.62. The quantitative estimate of drug-likeness (QED) is 0.584. The van der Waals surface area contributed by atoms with Gasteiger partial charge in [0.25, 0.3) is 0 Å². The van der Waals surface area contributed by atoms with Crippen LogP contribution in [0.4, 0.5) is 0 Å². The molecular weight excluding hydrogens is 228 g/mol. The smallest absolute Gasteiger partial charge is 0.330 e.